The third-order valence-electron chi connectivity index (χ3n) is 6.24. The lowest BCUT2D eigenvalue weighted by molar-refractivity contribution is 0.0696. The number of hydrogen-bond acceptors (Lipinski definition) is 4. The highest BCUT2D eigenvalue weighted by Gasteiger charge is 2.42. The van der Waals surface area contributed by atoms with Crippen molar-refractivity contribution < 1.29 is 14.3 Å². The number of carbonyl (C=O) groups is 1. The molecule has 1 saturated heterocycles. The van der Waals surface area contributed by atoms with Crippen LogP contribution >= 0.6 is 12.2 Å². The second-order valence-corrected chi connectivity index (χ2v) is 9.27. The Hall–Kier alpha value is -3.97. The summed E-state index contributed by atoms with van der Waals surface area (Å²) < 4.78 is 6.43. The third-order valence-corrected chi connectivity index (χ3v) is 6.55. The molecular weight excluding hydrogens is 458 g/mol. The van der Waals surface area contributed by atoms with E-state index >= 15 is 0 Å². The summed E-state index contributed by atoms with van der Waals surface area (Å²) in [6.45, 7) is 6.03. The predicted octanol–water partition coefficient (Wildman–Crippen LogP) is 6.14. The van der Waals surface area contributed by atoms with Gasteiger partial charge in [-0.25, -0.2) is 4.79 Å². The molecule has 6 nitrogen and oxygen atoms in total. The van der Waals surface area contributed by atoms with Crippen molar-refractivity contribution in [1.29, 1.82) is 0 Å². The van der Waals surface area contributed by atoms with Crippen molar-refractivity contribution in [3.05, 3.63) is 107 Å². The number of aromatic nitrogens is 1. The molecule has 0 spiro atoms. The van der Waals surface area contributed by atoms with E-state index in [1.54, 1.807) is 24.4 Å². The Kier molecular flexibility index (Phi) is 5.86. The number of aromatic carboxylic acids is 1. The van der Waals surface area contributed by atoms with Crippen LogP contribution in [-0.4, -0.2) is 21.2 Å². The van der Waals surface area contributed by atoms with Gasteiger partial charge >= 0.3 is 5.97 Å². The zero-order valence-corrected chi connectivity index (χ0v) is 20.5. The van der Waals surface area contributed by atoms with Crippen LogP contribution in [0.1, 0.15) is 50.6 Å². The molecular formula is C28H25N3O3S. The van der Waals surface area contributed by atoms with E-state index in [-0.39, 0.29) is 17.6 Å². The van der Waals surface area contributed by atoms with Crippen molar-refractivity contribution in [2.45, 2.75) is 32.9 Å². The molecule has 35 heavy (non-hydrogen) atoms. The summed E-state index contributed by atoms with van der Waals surface area (Å²) in [7, 11) is 0. The second kappa shape index (κ2) is 9.00. The van der Waals surface area contributed by atoms with Crippen LogP contribution in [0.2, 0.25) is 0 Å². The summed E-state index contributed by atoms with van der Waals surface area (Å²) in [5, 5.41) is 13.4. The summed E-state index contributed by atoms with van der Waals surface area (Å²) in [5.74, 6) is 0.462. The molecule has 2 aromatic carbocycles. The minimum Gasteiger partial charge on any atom is -0.478 e. The zero-order chi connectivity index (χ0) is 24.7. The number of nitrogens with zero attached hydrogens (tertiary/aromatic N) is 2. The molecule has 0 unspecified atom stereocenters. The van der Waals surface area contributed by atoms with E-state index in [1.165, 1.54) is 0 Å². The fourth-order valence-corrected chi connectivity index (χ4v) is 5.09. The number of pyridine rings is 1. The Morgan fingerprint density at radius 3 is 2.46 bits per heavy atom. The fraction of sp³-hybridized carbons (Fsp3) is 0.179. The van der Waals surface area contributed by atoms with E-state index in [4.69, 9.17) is 16.6 Å². The van der Waals surface area contributed by atoms with Crippen LogP contribution in [0.25, 0.3) is 11.3 Å². The first kappa shape index (κ1) is 22.8. The molecule has 7 heteroatoms. The lowest BCUT2D eigenvalue weighted by Gasteiger charge is -2.26. The molecule has 1 fully saturated rings. The fourth-order valence-electron chi connectivity index (χ4n) is 4.74. The van der Waals surface area contributed by atoms with Gasteiger partial charge in [-0.2, -0.15) is 0 Å². The Morgan fingerprint density at radius 1 is 1.03 bits per heavy atom. The number of carboxylic acids is 1. The molecule has 1 aliphatic heterocycles. The van der Waals surface area contributed by atoms with Crippen molar-refractivity contribution >= 4 is 29.0 Å². The predicted molar refractivity (Wildman–Crippen MR) is 140 cm³/mol. The summed E-state index contributed by atoms with van der Waals surface area (Å²) in [4.78, 5) is 18.0. The van der Waals surface area contributed by atoms with E-state index < -0.39 is 5.97 Å². The molecule has 2 N–H and O–H groups in total. The molecule has 2 atom stereocenters. The van der Waals surface area contributed by atoms with E-state index in [0.717, 1.165) is 39.4 Å². The lowest BCUT2D eigenvalue weighted by Crippen LogP contribution is -2.29. The quantitative estimate of drug-likeness (QED) is 0.330. The van der Waals surface area contributed by atoms with E-state index in [1.807, 2.05) is 37.3 Å². The maximum Gasteiger partial charge on any atom is 0.335 e. The Bertz CT molecular complexity index is 1410. The number of anilines is 1. The van der Waals surface area contributed by atoms with Gasteiger partial charge in [0, 0.05) is 17.4 Å². The van der Waals surface area contributed by atoms with Gasteiger partial charge in [-0.1, -0.05) is 18.2 Å². The number of thiocarbonyl (C=S) groups is 1. The van der Waals surface area contributed by atoms with Gasteiger partial charge in [0.25, 0.3) is 0 Å². The third kappa shape index (κ3) is 4.31. The molecule has 0 saturated carbocycles. The lowest BCUT2D eigenvalue weighted by atomic mass is 10.0. The number of carboxylic acid groups (broad SMARTS) is 1. The van der Waals surface area contributed by atoms with Gasteiger partial charge in [-0.15, -0.1) is 0 Å². The molecule has 0 amide bonds. The van der Waals surface area contributed by atoms with Gasteiger partial charge in [0.15, 0.2) is 5.11 Å². The number of nitrogens with one attached hydrogen (secondary N) is 1. The standard InChI is InChI=1S/C28H25N3O3S/c1-16-12-17(2)14-20(13-16)31-26(25(30-28(31)35)22-6-4-5-11-29-22)24-10-9-23(34-24)21-8-7-19(27(32)33)15-18(21)3/h4-15,25-26H,1-3H3,(H,30,35)(H,32,33)/t25-,26-/m1/s1. The van der Waals surface area contributed by atoms with Crippen molar-refractivity contribution in [2.24, 2.45) is 0 Å². The number of benzene rings is 2. The average Bonchev–Trinajstić information content (AvgIpc) is 3.43. The molecule has 4 aromatic rings. The van der Waals surface area contributed by atoms with Crippen molar-refractivity contribution in [2.75, 3.05) is 4.90 Å². The normalized spacial score (nSPS) is 17.5. The molecule has 5 rings (SSSR count). The molecule has 0 radical (unpaired) electrons. The average molecular weight is 484 g/mol. The molecule has 3 heterocycles. The zero-order valence-electron chi connectivity index (χ0n) is 19.6. The first-order valence-electron chi connectivity index (χ1n) is 11.3. The van der Waals surface area contributed by atoms with Crippen molar-refractivity contribution in [3.63, 3.8) is 0 Å². The monoisotopic (exact) mass is 483 g/mol. The largest absolute Gasteiger partial charge is 0.478 e. The molecule has 0 bridgehead atoms. The molecule has 2 aromatic heterocycles. The van der Waals surface area contributed by atoms with Crippen LogP contribution in [0.3, 0.4) is 0 Å². The highest BCUT2D eigenvalue weighted by atomic mass is 32.1. The van der Waals surface area contributed by atoms with Crippen molar-refractivity contribution in [1.82, 2.24) is 10.3 Å². The van der Waals surface area contributed by atoms with Crippen LogP contribution in [-0.2, 0) is 0 Å². The van der Waals surface area contributed by atoms with Crippen LogP contribution < -0.4 is 10.2 Å². The molecule has 176 valence electrons. The second-order valence-electron chi connectivity index (χ2n) is 8.88. The highest BCUT2D eigenvalue weighted by molar-refractivity contribution is 7.80. The first-order valence-corrected chi connectivity index (χ1v) is 11.8. The molecule has 1 aliphatic rings. The summed E-state index contributed by atoms with van der Waals surface area (Å²) in [6, 6.07) is 20.7. The topological polar surface area (TPSA) is 78.6 Å². The van der Waals surface area contributed by atoms with Gasteiger partial charge in [-0.05, 0) is 98.2 Å². The van der Waals surface area contributed by atoms with Gasteiger partial charge in [0.05, 0.1) is 17.3 Å². The Labute approximate surface area is 209 Å². The van der Waals surface area contributed by atoms with Gasteiger partial charge in [0.2, 0.25) is 0 Å². The summed E-state index contributed by atoms with van der Waals surface area (Å²) in [5.41, 5.74) is 6.09. The van der Waals surface area contributed by atoms with Crippen LogP contribution in [0.15, 0.2) is 77.3 Å². The number of rotatable bonds is 5. The van der Waals surface area contributed by atoms with Gasteiger partial charge in [0.1, 0.15) is 17.6 Å². The summed E-state index contributed by atoms with van der Waals surface area (Å²) >= 11 is 5.81. The van der Waals surface area contributed by atoms with E-state index in [2.05, 4.69) is 47.2 Å². The summed E-state index contributed by atoms with van der Waals surface area (Å²) in [6.07, 6.45) is 1.78. The number of aryl methyl sites for hydroxylation is 3. The molecule has 0 aliphatic carbocycles. The maximum atomic E-state index is 11.3. The SMILES string of the molecule is Cc1cc(C)cc(N2C(=S)N[C@H](c3ccccn3)[C@H]2c2ccc(-c3ccc(C(=O)O)cc3C)o2)c1. The van der Waals surface area contributed by atoms with Gasteiger partial charge in [-0.3, -0.25) is 4.98 Å². The van der Waals surface area contributed by atoms with E-state index in [9.17, 15) is 9.90 Å². The van der Waals surface area contributed by atoms with Gasteiger partial charge < -0.3 is 19.7 Å². The Morgan fingerprint density at radius 2 is 1.80 bits per heavy atom. The van der Waals surface area contributed by atoms with Crippen LogP contribution in [0.5, 0.6) is 0 Å². The minimum atomic E-state index is -0.951. The number of furan rings is 1. The maximum absolute atomic E-state index is 11.3. The first-order chi connectivity index (χ1) is 16.8. The number of hydrogen-bond donors (Lipinski definition) is 2. The smallest absolute Gasteiger partial charge is 0.335 e. The van der Waals surface area contributed by atoms with Crippen LogP contribution in [0, 0.1) is 20.8 Å². The van der Waals surface area contributed by atoms with E-state index in [0.29, 0.717) is 10.9 Å². The van der Waals surface area contributed by atoms with Crippen LogP contribution in [0.4, 0.5) is 5.69 Å². The highest BCUT2D eigenvalue weighted by Crippen LogP contribution is 2.43. The van der Waals surface area contributed by atoms with Crippen molar-refractivity contribution in [3.8, 4) is 11.3 Å². The minimum absolute atomic E-state index is 0.209. The Balaban J connectivity index is 1.60.